The van der Waals surface area contributed by atoms with Crippen LogP contribution >= 0.6 is 11.6 Å². The molecule has 32 heavy (non-hydrogen) atoms. The molecule has 0 unspecified atom stereocenters. The van der Waals surface area contributed by atoms with E-state index in [2.05, 4.69) is 0 Å². The molecule has 164 valence electrons. The summed E-state index contributed by atoms with van der Waals surface area (Å²) in [5.74, 6) is -2.92. The zero-order chi connectivity index (χ0) is 23.4. The van der Waals surface area contributed by atoms with E-state index in [1.807, 2.05) is 0 Å². The molecule has 0 aliphatic heterocycles. The van der Waals surface area contributed by atoms with E-state index in [1.54, 1.807) is 0 Å². The van der Waals surface area contributed by atoms with Gasteiger partial charge in [0.2, 0.25) is 0 Å². The van der Waals surface area contributed by atoms with Gasteiger partial charge in [0.25, 0.3) is 5.69 Å². The Kier molecular flexibility index (Phi) is 6.64. The van der Waals surface area contributed by atoms with Crippen LogP contribution in [0.25, 0.3) is 0 Å². The van der Waals surface area contributed by atoms with Gasteiger partial charge in [0.1, 0.15) is 17.4 Å². The molecule has 8 nitrogen and oxygen atoms in total. The van der Waals surface area contributed by atoms with Gasteiger partial charge in [-0.15, -0.1) is 0 Å². The van der Waals surface area contributed by atoms with Gasteiger partial charge in [0.15, 0.2) is 0 Å². The van der Waals surface area contributed by atoms with Crippen molar-refractivity contribution in [1.29, 1.82) is 0 Å². The molecule has 3 rings (SSSR count). The summed E-state index contributed by atoms with van der Waals surface area (Å²) >= 11 is 6.06. The molecule has 0 aliphatic carbocycles. The number of anilines is 1. The normalized spacial score (nSPS) is 10.5. The minimum atomic E-state index is -1.33. The maximum absolute atomic E-state index is 14.5. The van der Waals surface area contributed by atoms with Crippen molar-refractivity contribution in [2.75, 3.05) is 4.90 Å². The molecule has 0 atom stereocenters. The molecule has 11 heteroatoms. The fraction of sp³-hybridized carbons (Fsp3) is 0.0476. The van der Waals surface area contributed by atoms with E-state index in [-0.39, 0.29) is 33.3 Å². The summed E-state index contributed by atoms with van der Waals surface area (Å²) in [5, 5.41) is 19.6. The zero-order valence-electron chi connectivity index (χ0n) is 16.0. The summed E-state index contributed by atoms with van der Waals surface area (Å²) in [6.45, 7) is -0.428. The third kappa shape index (κ3) is 5.16. The molecule has 3 aromatic carbocycles. The van der Waals surface area contributed by atoms with Gasteiger partial charge in [-0.1, -0.05) is 17.7 Å². The number of nitrogens with zero attached hydrogens (tertiary/aromatic N) is 2. The standard InChI is InChI=1S/C21H13ClF2N2O6/c22-17-10-14(23)3-8-19(17)25(11-13-2-1-12(20(27)28)9-18(13)24)21(29)32-16-6-4-15(5-7-16)26(30)31/h1-10H,11H2,(H,27,28). The van der Waals surface area contributed by atoms with Crippen LogP contribution in [0.4, 0.5) is 25.0 Å². The van der Waals surface area contributed by atoms with Crippen LogP contribution in [0.2, 0.25) is 5.02 Å². The number of amides is 1. The number of rotatable bonds is 6. The lowest BCUT2D eigenvalue weighted by Gasteiger charge is -2.23. The predicted octanol–water partition coefficient (Wildman–Crippen LogP) is 5.43. The van der Waals surface area contributed by atoms with Crippen LogP contribution in [0.3, 0.4) is 0 Å². The van der Waals surface area contributed by atoms with E-state index >= 15 is 0 Å². The smallest absolute Gasteiger partial charge is 0.420 e. The third-order valence-electron chi connectivity index (χ3n) is 4.30. The number of non-ortho nitro benzene ring substituents is 1. The van der Waals surface area contributed by atoms with Crippen LogP contribution in [-0.4, -0.2) is 22.1 Å². The van der Waals surface area contributed by atoms with Gasteiger partial charge in [-0.25, -0.2) is 18.4 Å². The van der Waals surface area contributed by atoms with Crippen molar-refractivity contribution in [3.63, 3.8) is 0 Å². The highest BCUT2D eigenvalue weighted by Gasteiger charge is 2.23. The monoisotopic (exact) mass is 462 g/mol. The number of carboxylic acids is 1. The fourth-order valence-electron chi connectivity index (χ4n) is 2.72. The van der Waals surface area contributed by atoms with Crippen molar-refractivity contribution < 1.29 is 33.1 Å². The summed E-state index contributed by atoms with van der Waals surface area (Å²) < 4.78 is 33.2. The third-order valence-corrected chi connectivity index (χ3v) is 4.60. The quantitative estimate of drug-likeness (QED) is 0.386. The molecule has 0 spiro atoms. The van der Waals surface area contributed by atoms with Crippen molar-refractivity contribution >= 4 is 35.0 Å². The van der Waals surface area contributed by atoms with E-state index in [4.69, 9.17) is 21.4 Å². The van der Waals surface area contributed by atoms with Crippen molar-refractivity contribution in [1.82, 2.24) is 0 Å². The molecular weight excluding hydrogens is 450 g/mol. The summed E-state index contributed by atoms with van der Waals surface area (Å²) in [6.07, 6.45) is -1.03. The van der Waals surface area contributed by atoms with Crippen LogP contribution < -0.4 is 9.64 Å². The molecule has 0 radical (unpaired) electrons. The first-order valence-electron chi connectivity index (χ1n) is 8.86. The van der Waals surface area contributed by atoms with Crippen molar-refractivity contribution in [2.24, 2.45) is 0 Å². The molecule has 1 N–H and O–H groups in total. The average Bonchev–Trinajstić information content (AvgIpc) is 2.73. The Labute approximate surface area is 184 Å². The lowest BCUT2D eigenvalue weighted by atomic mass is 10.1. The molecule has 0 fully saturated rings. The molecule has 0 saturated carbocycles. The number of nitro benzene ring substituents is 1. The predicted molar refractivity (Wildman–Crippen MR) is 110 cm³/mol. The van der Waals surface area contributed by atoms with E-state index < -0.39 is 35.2 Å². The van der Waals surface area contributed by atoms with E-state index in [9.17, 15) is 28.5 Å². The second kappa shape index (κ2) is 9.40. The lowest BCUT2D eigenvalue weighted by Crippen LogP contribution is -2.33. The summed E-state index contributed by atoms with van der Waals surface area (Å²) in [5.41, 5.74) is -0.562. The molecule has 0 aromatic heterocycles. The minimum Gasteiger partial charge on any atom is -0.478 e. The largest absolute Gasteiger partial charge is 0.478 e. The molecule has 0 bridgehead atoms. The number of halogens is 3. The van der Waals surface area contributed by atoms with Crippen molar-refractivity contribution in [3.05, 3.63) is 98.6 Å². The number of ether oxygens (including phenoxy) is 1. The first-order chi connectivity index (χ1) is 15.2. The lowest BCUT2D eigenvalue weighted by molar-refractivity contribution is -0.384. The highest BCUT2D eigenvalue weighted by atomic mass is 35.5. The van der Waals surface area contributed by atoms with E-state index in [0.717, 1.165) is 41.3 Å². The van der Waals surface area contributed by atoms with Crippen LogP contribution in [-0.2, 0) is 6.54 Å². The maximum atomic E-state index is 14.5. The molecule has 0 aliphatic rings. The van der Waals surface area contributed by atoms with Gasteiger partial charge >= 0.3 is 12.1 Å². The number of carbonyl (C=O) groups excluding carboxylic acids is 1. The van der Waals surface area contributed by atoms with Crippen LogP contribution in [0, 0.1) is 21.7 Å². The number of hydrogen-bond donors (Lipinski definition) is 1. The van der Waals surface area contributed by atoms with Gasteiger partial charge < -0.3 is 9.84 Å². The molecule has 0 heterocycles. The Morgan fingerprint density at radius 1 is 1.06 bits per heavy atom. The number of hydrogen-bond acceptors (Lipinski definition) is 5. The first kappa shape index (κ1) is 22.6. The number of carboxylic acid groups (broad SMARTS) is 1. The molecule has 1 amide bonds. The highest BCUT2D eigenvalue weighted by Crippen LogP contribution is 2.30. The van der Waals surface area contributed by atoms with E-state index in [0.29, 0.717) is 0 Å². The number of carbonyl (C=O) groups is 2. The first-order valence-corrected chi connectivity index (χ1v) is 9.24. The Morgan fingerprint density at radius 3 is 2.31 bits per heavy atom. The van der Waals surface area contributed by atoms with Crippen LogP contribution in [0.5, 0.6) is 5.75 Å². The minimum absolute atomic E-state index is 0.00156. The average molecular weight is 463 g/mol. The van der Waals surface area contributed by atoms with Crippen LogP contribution in [0.15, 0.2) is 60.7 Å². The van der Waals surface area contributed by atoms with Crippen LogP contribution in [0.1, 0.15) is 15.9 Å². The summed E-state index contributed by atoms with van der Waals surface area (Å²) in [4.78, 5) is 34.9. The Bertz CT molecular complexity index is 1200. The van der Waals surface area contributed by atoms with Gasteiger partial charge in [0.05, 0.1) is 27.7 Å². The van der Waals surface area contributed by atoms with Gasteiger partial charge in [0, 0.05) is 17.7 Å². The van der Waals surface area contributed by atoms with Crippen molar-refractivity contribution in [2.45, 2.75) is 6.54 Å². The SMILES string of the molecule is O=C(O)c1ccc(CN(C(=O)Oc2ccc([N+](=O)[O-])cc2)c2ccc(F)cc2Cl)c(F)c1. The second-order valence-electron chi connectivity index (χ2n) is 6.41. The van der Waals surface area contributed by atoms with Gasteiger partial charge in [-0.05, 0) is 42.5 Å². The van der Waals surface area contributed by atoms with Gasteiger partial charge in [-0.3, -0.25) is 15.0 Å². The van der Waals surface area contributed by atoms with E-state index in [1.165, 1.54) is 24.3 Å². The summed E-state index contributed by atoms with van der Waals surface area (Å²) in [7, 11) is 0. The highest BCUT2D eigenvalue weighted by molar-refractivity contribution is 6.33. The van der Waals surface area contributed by atoms with Crippen molar-refractivity contribution in [3.8, 4) is 5.75 Å². The second-order valence-corrected chi connectivity index (χ2v) is 6.82. The number of nitro groups is 1. The maximum Gasteiger partial charge on any atom is 0.420 e. The number of benzene rings is 3. The Hall–Kier alpha value is -4.05. The fourth-order valence-corrected chi connectivity index (χ4v) is 2.99. The molecular formula is C21H13ClF2N2O6. The topological polar surface area (TPSA) is 110 Å². The Morgan fingerprint density at radius 2 is 1.75 bits per heavy atom. The summed E-state index contributed by atoms with van der Waals surface area (Å²) in [6, 6.07) is 11.0. The zero-order valence-corrected chi connectivity index (χ0v) is 16.8. The number of aromatic carboxylic acids is 1. The molecule has 3 aromatic rings. The van der Waals surface area contributed by atoms with Gasteiger partial charge in [-0.2, -0.15) is 0 Å². The molecule has 0 saturated heterocycles. The Balaban J connectivity index is 1.94.